The molecule has 2 N–H and O–H groups in total. The number of carbonyl (C=O) groups is 1. The van der Waals surface area contributed by atoms with Crippen molar-refractivity contribution in [3.8, 4) is 0 Å². The third-order valence-electron chi connectivity index (χ3n) is 2.85. The molecule has 0 bridgehead atoms. The van der Waals surface area contributed by atoms with Crippen molar-refractivity contribution in [3.05, 3.63) is 24.3 Å². The lowest BCUT2D eigenvalue weighted by Crippen LogP contribution is -2.34. The molecule has 0 aliphatic rings. The fraction of sp³-hybridized carbons (Fsp3) is 0.462. The number of carboxylic acids is 1. The van der Waals surface area contributed by atoms with E-state index in [4.69, 9.17) is 5.11 Å². The average molecular weight is 285 g/mol. The highest BCUT2D eigenvalue weighted by Crippen LogP contribution is 2.17. The molecule has 6 heteroatoms. The Labute approximate surface area is 113 Å². The molecule has 0 spiro atoms. The molecule has 1 aromatic carbocycles. The van der Waals surface area contributed by atoms with Gasteiger partial charge in [0.15, 0.2) is 9.84 Å². The number of carboxylic acid groups (broad SMARTS) is 1. The van der Waals surface area contributed by atoms with Gasteiger partial charge in [0.2, 0.25) is 0 Å². The molecule has 0 aliphatic carbocycles. The lowest BCUT2D eigenvalue weighted by Gasteiger charge is -2.19. The van der Waals surface area contributed by atoms with Crippen molar-refractivity contribution in [2.45, 2.75) is 31.7 Å². The van der Waals surface area contributed by atoms with Gasteiger partial charge in [-0.05, 0) is 30.2 Å². The van der Waals surface area contributed by atoms with Crippen molar-refractivity contribution >= 4 is 21.5 Å². The van der Waals surface area contributed by atoms with Crippen molar-refractivity contribution in [2.75, 3.05) is 11.1 Å². The summed E-state index contributed by atoms with van der Waals surface area (Å²) < 4.78 is 23.3. The van der Waals surface area contributed by atoms with Crippen LogP contribution in [0.25, 0.3) is 0 Å². The fourth-order valence-electron chi connectivity index (χ4n) is 1.62. The molecule has 1 aromatic rings. The number of anilines is 1. The second kappa shape index (κ2) is 6.06. The Kier molecular flexibility index (Phi) is 4.94. The summed E-state index contributed by atoms with van der Waals surface area (Å²) in [6.07, 6.45) is 0. The first kappa shape index (κ1) is 15.5. The van der Waals surface area contributed by atoms with E-state index in [0.717, 1.165) is 0 Å². The Morgan fingerprint density at radius 1 is 1.26 bits per heavy atom. The molecular weight excluding hydrogens is 266 g/mol. The molecule has 1 rings (SSSR count). The first-order valence-electron chi connectivity index (χ1n) is 6.10. The standard InChI is InChI=1S/C13H19NO4S/c1-4-19(17,18)11-7-5-10(6-8-11)14-12(9(2)3)13(15)16/h5-9,12,14H,4H2,1-3H3,(H,15,16)/t12-/m1/s1. The van der Waals surface area contributed by atoms with Gasteiger partial charge in [-0.15, -0.1) is 0 Å². The summed E-state index contributed by atoms with van der Waals surface area (Å²) in [4.78, 5) is 11.3. The van der Waals surface area contributed by atoms with Crippen molar-refractivity contribution in [3.63, 3.8) is 0 Å². The maximum atomic E-state index is 11.6. The second-order valence-electron chi connectivity index (χ2n) is 4.63. The summed E-state index contributed by atoms with van der Waals surface area (Å²) in [5.74, 6) is -0.958. The van der Waals surface area contributed by atoms with E-state index in [1.54, 1.807) is 19.1 Å². The summed E-state index contributed by atoms with van der Waals surface area (Å²) in [5.41, 5.74) is 0.594. The fourth-order valence-corrected chi connectivity index (χ4v) is 2.50. The molecule has 1 atom stereocenters. The van der Waals surface area contributed by atoms with Crippen LogP contribution in [0.5, 0.6) is 0 Å². The van der Waals surface area contributed by atoms with E-state index in [1.807, 2.05) is 13.8 Å². The quantitative estimate of drug-likeness (QED) is 0.835. The molecule has 0 aromatic heterocycles. The van der Waals surface area contributed by atoms with Crippen molar-refractivity contribution in [1.82, 2.24) is 0 Å². The molecule has 5 nitrogen and oxygen atoms in total. The average Bonchev–Trinajstić information content (AvgIpc) is 2.35. The summed E-state index contributed by atoms with van der Waals surface area (Å²) in [6, 6.07) is 5.44. The summed E-state index contributed by atoms with van der Waals surface area (Å²) in [5, 5.41) is 11.9. The van der Waals surface area contributed by atoms with Gasteiger partial charge in [-0.25, -0.2) is 13.2 Å². The van der Waals surface area contributed by atoms with Crippen LogP contribution in [0, 0.1) is 5.92 Å². The van der Waals surface area contributed by atoms with Crippen molar-refractivity contribution < 1.29 is 18.3 Å². The molecular formula is C13H19NO4S. The van der Waals surface area contributed by atoms with Gasteiger partial charge < -0.3 is 10.4 Å². The highest BCUT2D eigenvalue weighted by molar-refractivity contribution is 7.91. The minimum Gasteiger partial charge on any atom is -0.480 e. The van der Waals surface area contributed by atoms with Gasteiger partial charge in [0.05, 0.1) is 10.6 Å². The Morgan fingerprint density at radius 2 is 1.79 bits per heavy atom. The van der Waals surface area contributed by atoms with Gasteiger partial charge in [-0.2, -0.15) is 0 Å². The molecule has 0 radical (unpaired) electrons. The largest absolute Gasteiger partial charge is 0.480 e. The number of nitrogens with one attached hydrogen (secondary N) is 1. The highest BCUT2D eigenvalue weighted by atomic mass is 32.2. The van der Waals surface area contributed by atoms with Gasteiger partial charge in [0.25, 0.3) is 0 Å². The molecule has 106 valence electrons. The van der Waals surface area contributed by atoms with Crippen LogP contribution in [0.4, 0.5) is 5.69 Å². The molecule has 0 fully saturated rings. The van der Waals surface area contributed by atoms with E-state index in [1.165, 1.54) is 12.1 Å². The lowest BCUT2D eigenvalue weighted by atomic mass is 10.0. The van der Waals surface area contributed by atoms with E-state index < -0.39 is 21.8 Å². The van der Waals surface area contributed by atoms with Crippen LogP contribution in [-0.2, 0) is 14.6 Å². The number of rotatable bonds is 6. The zero-order chi connectivity index (χ0) is 14.6. The van der Waals surface area contributed by atoms with Crippen LogP contribution in [-0.4, -0.2) is 31.3 Å². The van der Waals surface area contributed by atoms with E-state index >= 15 is 0 Å². The predicted molar refractivity (Wildman–Crippen MR) is 74.1 cm³/mol. The maximum Gasteiger partial charge on any atom is 0.326 e. The van der Waals surface area contributed by atoms with E-state index in [0.29, 0.717) is 5.69 Å². The highest BCUT2D eigenvalue weighted by Gasteiger charge is 2.21. The number of hydrogen-bond donors (Lipinski definition) is 2. The maximum absolute atomic E-state index is 11.6. The van der Waals surface area contributed by atoms with Crippen molar-refractivity contribution in [2.24, 2.45) is 5.92 Å². The molecule has 0 saturated carbocycles. The Bertz CT molecular complexity index is 534. The van der Waals surface area contributed by atoms with Gasteiger partial charge in [-0.3, -0.25) is 0 Å². The number of aliphatic carboxylic acids is 1. The van der Waals surface area contributed by atoms with Crippen LogP contribution in [0.1, 0.15) is 20.8 Å². The van der Waals surface area contributed by atoms with E-state index in [9.17, 15) is 13.2 Å². The molecule has 0 saturated heterocycles. The van der Waals surface area contributed by atoms with Crippen LogP contribution < -0.4 is 5.32 Å². The first-order chi connectivity index (χ1) is 8.77. The summed E-state index contributed by atoms with van der Waals surface area (Å²) in [6.45, 7) is 5.20. The number of hydrogen-bond acceptors (Lipinski definition) is 4. The van der Waals surface area contributed by atoms with Crippen LogP contribution in [0.15, 0.2) is 29.2 Å². The molecule has 19 heavy (non-hydrogen) atoms. The Hall–Kier alpha value is -1.56. The zero-order valence-corrected chi connectivity index (χ0v) is 12.1. The lowest BCUT2D eigenvalue weighted by molar-refractivity contribution is -0.138. The van der Waals surface area contributed by atoms with Gasteiger partial charge in [0, 0.05) is 5.69 Å². The van der Waals surface area contributed by atoms with Gasteiger partial charge in [-0.1, -0.05) is 20.8 Å². The normalized spacial score (nSPS) is 13.3. The van der Waals surface area contributed by atoms with E-state index in [2.05, 4.69) is 5.32 Å². The molecule has 0 amide bonds. The number of sulfone groups is 1. The summed E-state index contributed by atoms with van der Waals surface area (Å²) in [7, 11) is -3.22. The van der Waals surface area contributed by atoms with Crippen LogP contribution >= 0.6 is 0 Å². The van der Waals surface area contributed by atoms with E-state index in [-0.39, 0.29) is 16.6 Å². The van der Waals surface area contributed by atoms with Gasteiger partial charge >= 0.3 is 5.97 Å². The van der Waals surface area contributed by atoms with Crippen LogP contribution in [0.3, 0.4) is 0 Å². The minimum atomic E-state index is -3.22. The molecule has 0 unspecified atom stereocenters. The predicted octanol–water partition coefficient (Wildman–Crippen LogP) is 2.00. The summed E-state index contributed by atoms with van der Waals surface area (Å²) >= 11 is 0. The Balaban J connectivity index is 2.91. The second-order valence-corrected chi connectivity index (χ2v) is 6.91. The van der Waals surface area contributed by atoms with Gasteiger partial charge in [0.1, 0.15) is 6.04 Å². The topological polar surface area (TPSA) is 83.5 Å². The number of benzene rings is 1. The molecule has 0 aliphatic heterocycles. The SMILES string of the molecule is CCS(=O)(=O)c1ccc(N[C@@H](C(=O)O)C(C)C)cc1. The monoisotopic (exact) mass is 285 g/mol. The molecule has 0 heterocycles. The van der Waals surface area contributed by atoms with Crippen LogP contribution in [0.2, 0.25) is 0 Å². The third-order valence-corrected chi connectivity index (χ3v) is 4.60. The van der Waals surface area contributed by atoms with Crippen molar-refractivity contribution in [1.29, 1.82) is 0 Å². The Morgan fingerprint density at radius 3 is 2.16 bits per heavy atom. The smallest absolute Gasteiger partial charge is 0.326 e. The first-order valence-corrected chi connectivity index (χ1v) is 7.75. The zero-order valence-electron chi connectivity index (χ0n) is 11.3. The minimum absolute atomic E-state index is 0.0452. The third kappa shape index (κ3) is 3.96.